The van der Waals surface area contributed by atoms with Crippen molar-refractivity contribution in [3.05, 3.63) is 41.4 Å². The van der Waals surface area contributed by atoms with Gasteiger partial charge in [0.15, 0.2) is 0 Å². The Morgan fingerprint density at radius 3 is 2.88 bits per heavy atom. The summed E-state index contributed by atoms with van der Waals surface area (Å²) >= 11 is 0. The second-order valence-electron chi connectivity index (χ2n) is 6.33. The Labute approximate surface area is 141 Å². The van der Waals surface area contributed by atoms with E-state index >= 15 is 0 Å². The molecule has 7 heteroatoms. The topological polar surface area (TPSA) is 97.9 Å². The Bertz CT molecular complexity index is 748. The van der Waals surface area contributed by atoms with Crippen LogP contribution in [0.5, 0.6) is 0 Å². The summed E-state index contributed by atoms with van der Waals surface area (Å²) in [5, 5.41) is 0. The molecule has 0 aromatic carbocycles. The fourth-order valence-electron chi connectivity index (χ4n) is 3.21. The van der Waals surface area contributed by atoms with E-state index in [1.165, 1.54) is 0 Å². The first-order valence-corrected chi connectivity index (χ1v) is 8.19. The average molecular weight is 326 g/mol. The Balaban J connectivity index is 1.73. The zero-order valence-electron chi connectivity index (χ0n) is 14.1. The van der Waals surface area contributed by atoms with Crippen molar-refractivity contribution < 1.29 is 4.79 Å². The molecule has 126 valence electrons. The van der Waals surface area contributed by atoms with Gasteiger partial charge in [0.05, 0.1) is 0 Å². The van der Waals surface area contributed by atoms with Crippen LogP contribution in [0.25, 0.3) is 0 Å². The first-order chi connectivity index (χ1) is 11.5. The van der Waals surface area contributed by atoms with Gasteiger partial charge in [-0.05, 0) is 45.1 Å². The van der Waals surface area contributed by atoms with Gasteiger partial charge in [0.1, 0.15) is 23.7 Å². The van der Waals surface area contributed by atoms with Crippen molar-refractivity contribution in [2.24, 2.45) is 11.7 Å². The van der Waals surface area contributed by atoms with Crippen molar-refractivity contribution >= 4 is 11.7 Å². The monoisotopic (exact) mass is 326 g/mol. The average Bonchev–Trinajstić information content (AvgIpc) is 2.54. The highest BCUT2D eigenvalue weighted by molar-refractivity contribution is 5.90. The number of nitrogens with two attached hydrogens (primary N) is 1. The second-order valence-corrected chi connectivity index (χ2v) is 6.33. The number of hydrogen-bond acceptors (Lipinski definition) is 6. The minimum Gasteiger partial charge on any atom is -0.364 e. The summed E-state index contributed by atoms with van der Waals surface area (Å²) < 4.78 is 0. The van der Waals surface area contributed by atoms with Crippen molar-refractivity contribution in [3.8, 4) is 0 Å². The molecule has 1 fully saturated rings. The van der Waals surface area contributed by atoms with E-state index in [4.69, 9.17) is 5.73 Å². The molecule has 0 saturated carbocycles. The highest BCUT2D eigenvalue weighted by atomic mass is 16.1. The predicted molar refractivity (Wildman–Crippen MR) is 90.7 cm³/mol. The van der Waals surface area contributed by atoms with Crippen molar-refractivity contribution in [1.29, 1.82) is 0 Å². The van der Waals surface area contributed by atoms with E-state index in [-0.39, 0.29) is 5.69 Å². The van der Waals surface area contributed by atoms with Crippen molar-refractivity contribution in [2.45, 2.75) is 33.1 Å². The van der Waals surface area contributed by atoms with Gasteiger partial charge in [-0.3, -0.25) is 4.79 Å². The molecule has 3 heterocycles. The third-order valence-corrected chi connectivity index (χ3v) is 4.27. The Hall–Kier alpha value is -2.57. The minimum atomic E-state index is -0.511. The number of aryl methyl sites for hydroxylation is 2. The third kappa shape index (κ3) is 3.84. The van der Waals surface area contributed by atoms with Crippen LogP contribution in [0.2, 0.25) is 0 Å². The smallest absolute Gasteiger partial charge is 0.267 e. The summed E-state index contributed by atoms with van der Waals surface area (Å²) in [5.74, 6) is 1.51. The summed E-state index contributed by atoms with van der Waals surface area (Å²) in [6, 6.07) is 3.73. The second kappa shape index (κ2) is 6.90. The van der Waals surface area contributed by atoms with E-state index < -0.39 is 5.91 Å². The van der Waals surface area contributed by atoms with E-state index in [0.717, 1.165) is 49.6 Å². The molecule has 1 atom stereocenters. The fraction of sp³-hybridized carbons (Fsp3) is 0.471. The van der Waals surface area contributed by atoms with Gasteiger partial charge in [-0.1, -0.05) is 0 Å². The largest absolute Gasteiger partial charge is 0.364 e. The van der Waals surface area contributed by atoms with E-state index in [0.29, 0.717) is 11.7 Å². The summed E-state index contributed by atoms with van der Waals surface area (Å²) in [4.78, 5) is 30.8. The maximum absolute atomic E-state index is 11.4. The maximum Gasteiger partial charge on any atom is 0.267 e. The predicted octanol–water partition coefficient (Wildman–Crippen LogP) is 1.44. The van der Waals surface area contributed by atoms with Gasteiger partial charge >= 0.3 is 0 Å². The molecule has 2 aromatic rings. The van der Waals surface area contributed by atoms with Crippen LogP contribution in [-0.2, 0) is 6.42 Å². The van der Waals surface area contributed by atoms with Crippen molar-refractivity contribution in [1.82, 2.24) is 19.9 Å². The number of nitrogens with zero attached hydrogens (tertiary/aromatic N) is 5. The normalized spacial score (nSPS) is 17.8. The molecule has 1 unspecified atom stereocenters. The molecular formula is C17H22N6O. The summed E-state index contributed by atoms with van der Waals surface area (Å²) in [6.07, 6.45) is 4.67. The first kappa shape index (κ1) is 16.3. The Morgan fingerprint density at radius 2 is 2.12 bits per heavy atom. The quantitative estimate of drug-likeness (QED) is 0.913. The SMILES string of the molecule is Cc1cc(N2CCCC(Cc3cc(C(N)=O)nc(C)n3)C2)ncn1. The van der Waals surface area contributed by atoms with Crippen LogP contribution in [0, 0.1) is 19.8 Å². The summed E-state index contributed by atoms with van der Waals surface area (Å²) in [5.41, 5.74) is 7.48. The number of carbonyl (C=O) groups excluding carboxylic acids is 1. The zero-order valence-corrected chi connectivity index (χ0v) is 14.1. The highest BCUT2D eigenvalue weighted by Gasteiger charge is 2.22. The highest BCUT2D eigenvalue weighted by Crippen LogP contribution is 2.24. The van der Waals surface area contributed by atoms with Gasteiger partial charge < -0.3 is 10.6 Å². The molecule has 0 spiro atoms. The molecule has 0 aliphatic carbocycles. The number of piperidine rings is 1. The summed E-state index contributed by atoms with van der Waals surface area (Å²) in [7, 11) is 0. The molecule has 0 radical (unpaired) electrons. The Kier molecular flexibility index (Phi) is 4.69. The van der Waals surface area contributed by atoms with Gasteiger partial charge in [0.2, 0.25) is 0 Å². The molecule has 1 aliphatic heterocycles. The van der Waals surface area contributed by atoms with Crippen LogP contribution < -0.4 is 10.6 Å². The summed E-state index contributed by atoms with van der Waals surface area (Å²) in [6.45, 7) is 5.68. The number of anilines is 1. The van der Waals surface area contributed by atoms with Gasteiger partial charge in [-0.25, -0.2) is 19.9 Å². The van der Waals surface area contributed by atoms with E-state index in [9.17, 15) is 4.79 Å². The Morgan fingerprint density at radius 1 is 1.29 bits per heavy atom. The lowest BCUT2D eigenvalue weighted by molar-refractivity contribution is 0.0995. The van der Waals surface area contributed by atoms with Crippen LogP contribution in [0.4, 0.5) is 5.82 Å². The van der Waals surface area contributed by atoms with Crippen LogP contribution in [-0.4, -0.2) is 38.9 Å². The molecule has 3 rings (SSSR count). The molecule has 2 aromatic heterocycles. The maximum atomic E-state index is 11.4. The van der Waals surface area contributed by atoms with E-state index in [1.807, 2.05) is 13.0 Å². The van der Waals surface area contributed by atoms with E-state index in [1.54, 1.807) is 19.3 Å². The number of aromatic nitrogens is 4. The molecule has 24 heavy (non-hydrogen) atoms. The minimum absolute atomic E-state index is 0.289. The number of amides is 1. The lowest BCUT2D eigenvalue weighted by Crippen LogP contribution is -2.37. The van der Waals surface area contributed by atoms with Crippen LogP contribution in [0.1, 0.15) is 40.5 Å². The van der Waals surface area contributed by atoms with Gasteiger partial charge in [0, 0.05) is 30.5 Å². The van der Waals surface area contributed by atoms with Crippen molar-refractivity contribution in [2.75, 3.05) is 18.0 Å². The lowest BCUT2D eigenvalue weighted by atomic mass is 9.93. The molecule has 1 aliphatic rings. The molecule has 2 N–H and O–H groups in total. The number of rotatable bonds is 4. The first-order valence-electron chi connectivity index (χ1n) is 8.19. The standard InChI is InChI=1S/C17H22N6O/c1-11-6-16(20-10-19-11)23-5-3-4-13(9-23)7-14-8-15(17(18)24)22-12(2)21-14/h6,8,10,13H,3-5,7,9H2,1-2H3,(H2,18,24). The number of primary amides is 1. The van der Waals surface area contributed by atoms with Gasteiger partial charge in [-0.2, -0.15) is 0 Å². The number of carbonyl (C=O) groups is 1. The van der Waals surface area contributed by atoms with Crippen LogP contribution >= 0.6 is 0 Å². The third-order valence-electron chi connectivity index (χ3n) is 4.27. The molecule has 1 saturated heterocycles. The zero-order chi connectivity index (χ0) is 17.1. The van der Waals surface area contributed by atoms with Gasteiger partial charge in [-0.15, -0.1) is 0 Å². The van der Waals surface area contributed by atoms with Crippen molar-refractivity contribution in [3.63, 3.8) is 0 Å². The molecule has 7 nitrogen and oxygen atoms in total. The van der Waals surface area contributed by atoms with Crippen LogP contribution in [0.15, 0.2) is 18.5 Å². The molecule has 1 amide bonds. The number of hydrogen-bond donors (Lipinski definition) is 1. The lowest BCUT2D eigenvalue weighted by Gasteiger charge is -2.33. The fourth-order valence-corrected chi connectivity index (χ4v) is 3.21. The molecular weight excluding hydrogens is 304 g/mol. The molecule has 0 bridgehead atoms. The van der Waals surface area contributed by atoms with Gasteiger partial charge in [0.25, 0.3) is 5.91 Å². The van der Waals surface area contributed by atoms with Crippen LogP contribution in [0.3, 0.4) is 0 Å². The van der Waals surface area contributed by atoms with E-state index in [2.05, 4.69) is 24.8 Å².